The van der Waals surface area contributed by atoms with Crippen LogP contribution in [0.2, 0.25) is 5.02 Å². The highest BCUT2D eigenvalue weighted by Gasteiger charge is 2.19. The molecular formula is C17H13ClF2N2O2S2. The largest absolute Gasteiger partial charge is 0.433 e. The fraction of sp³-hybridized carbons (Fsp3) is 0.176. The average Bonchev–Trinajstić information content (AvgIpc) is 2.97. The van der Waals surface area contributed by atoms with E-state index in [1.54, 1.807) is 31.2 Å². The number of nitrogens with one attached hydrogen (secondary N) is 1. The topological polar surface area (TPSA) is 51.2 Å². The van der Waals surface area contributed by atoms with Crippen molar-refractivity contribution in [3.63, 3.8) is 0 Å². The van der Waals surface area contributed by atoms with Crippen LogP contribution in [0.25, 0.3) is 10.2 Å². The molecule has 9 heteroatoms. The molecule has 3 rings (SSSR count). The number of alkyl halides is 2. The summed E-state index contributed by atoms with van der Waals surface area (Å²) in [6.07, 6.45) is 0. The smallest absolute Gasteiger partial charge is 0.387 e. The van der Waals surface area contributed by atoms with Crippen molar-refractivity contribution in [2.24, 2.45) is 0 Å². The molecule has 1 amide bonds. The Morgan fingerprint density at radius 3 is 2.85 bits per heavy atom. The molecule has 0 aliphatic carbocycles. The number of carbonyl (C=O) groups excluding carboxylic acids is 1. The number of hydrogen-bond donors (Lipinski definition) is 1. The highest BCUT2D eigenvalue weighted by atomic mass is 35.5. The first-order chi connectivity index (χ1) is 12.4. The van der Waals surface area contributed by atoms with Gasteiger partial charge in [0.1, 0.15) is 5.75 Å². The van der Waals surface area contributed by atoms with Gasteiger partial charge in [0.25, 0.3) is 0 Å². The molecule has 1 aromatic heterocycles. The Morgan fingerprint density at radius 2 is 2.08 bits per heavy atom. The summed E-state index contributed by atoms with van der Waals surface area (Å²) in [5, 5.41) is 2.73. The Morgan fingerprint density at radius 1 is 1.31 bits per heavy atom. The lowest BCUT2D eigenvalue weighted by Crippen LogP contribution is -2.23. The van der Waals surface area contributed by atoms with Gasteiger partial charge in [0, 0.05) is 5.02 Å². The molecule has 1 atom stereocenters. The van der Waals surface area contributed by atoms with Crippen LogP contribution in [0.1, 0.15) is 6.92 Å². The van der Waals surface area contributed by atoms with E-state index in [-0.39, 0.29) is 17.3 Å². The van der Waals surface area contributed by atoms with Crippen molar-refractivity contribution in [1.29, 1.82) is 0 Å². The standard InChI is InChI=1S/C17H13ClF2N2O2S2/c1-9(25-17-22-12-8-10(18)6-7-14(12)26-17)15(23)21-11-4-2-3-5-13(11)24-16(19)20/h2-9,16H,1H3,(H,21,23). The minimum absolute atomic E-state index is 0.0809. The number of halogens is 3. The molecule has 0 aliphatic heterocycles. The Labute approximate surface area is 161 Å². The fourth-order valence-corrected chi connectivity index (χ4v) is 4.50. The molecule has 2 aromatic carbocycles. The number of thiazole rings is 1. The number of hydrogen-bond acceptors (Lipinski definition) is 5. The molecule has 0 bridgehead atoms. The van der Waals surface area contributed by atoms with Crippen molar-refractivity contribution in [2.45, 2.75) is 23.1 Å². The van der Waals surface area contributed by atoms with E-state index in [2.05, 4.69) is 15.0 Å². The first-order valence-corrected chi connectivity index (χ1v) is 9.57. The lowest BCUT2D eigenvalue weighted by atomic mass is 10.3. The number of ether oxygens (including phenoxy) is 1. The molecule has 0 fully saturated rings. The molecule has 0 radical (unpaired) electrons. The molecule has 4 nitrogen and oxygen atoms in total. The van der Waals surface area contributed by atoms with Gasteiger partial charge in [-0.3, -0.25) is 4.79 Å². The number of nitrogens with zero attached hydrogens (tertiary/aromatic N) is 1. The van der Waals surface area contributed by atoms with Crippen LogP contribution < -0.4 is 10.1 Å². The third kappa shape index (κ3) is 4.63. The fourth-order valence-electron chi connectivity index (χ4n) is 2.14. The number of para-hydroxylation sites is 2. The molecule has 1 unspecified atom stereocenters. The van der Waals surface area contributed by atoms with Crippen molar-refractivity contribution in [3.05, 3.63) is 47.5 Å². The lowest BCUT2D eigenvalue weighted by molar-refractivity contribution is -0.115. The highest BCUT2D eigenvalue weighted by Crippen LogP contribution is 2.34. The summed E-state index contributed by atoms with van der Waals surface area (Å²) < 4.78 is 31.0. The number of fused-ring (bicyclic) bond motifs is 1. The van der Waals surface area contributed by atoms with Crippen LogP contribution in [0.4, 0.5) is 14.5 Å². The van der Waals surface area contributed by atoms with Gasteiger partial charge in [0.05, 0.1) is 21.2 Å². The summed E-state index contributed by atoms with van der Waals surface area (Å²) in [5.41, 5.74) is 0.967. The maximum Gasteiger partial charge on any atom is 0.387 e. The number of aromatic nitrogens is 1. The summed E-state index contributed by atoms with van der Waals surface area (Å²) in [7, 11) is 0. The zero-order valence-electron chi connectivity index (χ0n) is 13.4. The first-order valence-electron chi connectivity index (χ1n) is 7.50. The van der Waals surface area contributed by atoms with Gasteiger partial charge in [0.15, 0.2) is 4.34 Å². The zero-order chi connectivity index (χ0) is 18.7. The third-order valence-corrected chi connectivity index (χ3v) is 5.80. The number of rotatable bonds is 6. The van der Waals surface area contributed by atoms with Gasteiger partial charge < -0.3 is 10.1 Å². The number of benzene rings is 2. The monoisotopic (exact) mass is 414 g/mol. The predicted molar refractivity (Wildman–Crippen MR) is 102 cm³/mol. The second-order valence-electron chi connectivity index (χ2n) is 5.22. The number of carbonyl (C=O) groups is 1. The Kier molecular flexibility index (Phi) is 5.95. The van der Waals surface area contributed by atoms with Gasteiger partial charge in [-0.2, -0.15) is 8.78 Å². The quantitative estimate of drug-likeness (QED) is 0.528. The summed E-state index contributed by atoms with van der Waals surface area (Å²) in [4.78, 5) is 16.9. The molecule has 1 heterocycles. The SMILES string of the molecule is CC(Sc1nc2cc(Cl)ccc2s1)C(=O)Nc1ccccc1OC(F)F. The molecule has 0 spiro atoms. The first kappa shape index (κ1) is 18.9. The van der Waals surface area contributed by atoms with Crippen molar-refractivity contribution in [3.8, 4) is 5.75 Å². The van der Waals surface area contributed by atoms with E-state index in [0.717, 1.165) is 14.6 Å². The summed E-state index contributed by atoms with van der Waals surface area (Å²) in [5.74, 6) is -0.416. The minimum Gasteiger partial charge on any atom is -0.433 e. The number of anilines is 1. The van der Waals surface area contributed by atoms with Crippen LogP contribution in [0.5, 0.6) is 5.75 Å². The van der Waals surface area contributed by atoms with Crippen LogP contribution >= 0.6 is 34.7 Å². The third-order valence-electron chi connectivity index (χ3n) is 3.34. The second-order valence-corrected chi connectivity index (χ2v) is 8.27. The Hall–Kier alpha value is -1.90. The maximum absolute atomic E-state index is 12.5. The van der Waals surface area contributed by atoms with Crippen LogP contribution in [0, 0.1) is 0 Å². The van der Waals surface area contributed by atoms with E-state index < -0.39 is 11.9 Å². The van der Waals surface area contributed by atoms with E-state index in [9.17, 15) is 13.6 Å². The number of thioether (sulfide) groups is 1. The number of amides is 1. The average molecular weight is 415 g/mol. The highest BCUT2D eigenvalue weighted by molar-refractivity contribution is 8.02. The molecule has 0 saturated heterocycles. The van der Waals surface area contributed by atoms with E-state index in [4.69, 9.17) is 11.6 Å². The predicted octanol–water partition coefficient (Wildman–Crippen LogP) is 5.67. The Balaban J connectivity index is 1.69. The minimum atomic E-state index is -2.96. The zero-order valence-corrected chi connectivity index (χ0v) is 15.8. The molecule has 1 N–H and O–H groups in total. The molecular weight excluding hydrogens is 402 g/mol. The Bertz CT molecular complexity index is 936. The van der Waals surface area contributed by atoms with Gasteiger partial charge in [-0.05, 0) is 37.3 Å². The van der Waals surface area contributed by atoms with Crippen molar-refractivity contribution in [1.82, 2.24) is 4.98 Å². The van der Waals surface area contributed by atoms with E-state index in [0.29, 0.717) is 5.02 Å². The summed E-state index contributed by atoms with van der Waals surface area (Å²) >= 11 is 8.70. The van der Waals surface area contributed by atoms with Gasteiger partial charge in [0.2, 0.25) is 5.91 Å². The summed E-state index contributed by atoms with van der Waals surface area (Å²) in [6, 6.07) is 11.5. The van der Waals surface area contributed by atoms with Gasteiger partial charge in [-0.25, -0.2) is 4.98 Å². The molecule has 136 valence electrons. The van der Waals surface area contributed by atoms with E-state index in [1.807, 2.05) is 6.07 Å². The maximum atomic E-state index is 12.5. The van der Waals surface area contributed by atoms with Crippen molar-refractivity contribution < 1.29 is 18.3 Å². The molecule has 26 heavy (non-hydrogen) atoms. The van der Waals surface area contributed by atoms with Crippen LogP contribution in [0.15, 0.2) is 46.8 Å². The molecule has 0 aliphatic rings. The normalized spacial score (nSPS) is 12.3. The van der Waals surface area contributed by atoms with Crippen molar-refractivity contribution >= 4 is 56.5 Å². The summed E-state index contributed by atoms with van der Waals surface area (Å²) in [6.45, 7) is -1.25. The van der Waals surface area contributed by atoms with Gasteiger partial charge >= 0.3 is 6.61 Å². The van der Waals surface area contributed by atoms with E-state index >= 15 is 0 Å². The van der Waals surface area contributed by atoms with Gasteiger partial charge in [-0.1, -0.05) is 35.5 Å². The lowest BCUT2D eigenvalue weighted by Gasteiger charge is -2.14. The molecule has 3 aromatic rings. The van der Waals surface area contributed by atoms with E-state index in [1.165, 1.54) is 35.2 Å². The van der Waals surface area contributed by atoms with Crippen LogP contribution in [0.3, 0.4) is 0 Å². The van der Waals surface area contributed by atoms with Crippen molar-refractivity contribution in [2.75, 3.05) is 5.32 Å². The van der Waals surface area contributed by atoms with Gasteiger partial charge in [-0.15, -0.1) is 11.3 Å². The van der Waals surface area contributed by atoms with Crippen LogP contribution in [-0.4, -0.2) is 22.8 Å². The molecule has 0 saturated carbocycles. The second kappa shape index (κ2) is 8.20. The van der Waals surface area contributed by atoms with Crippen LogP contribution in [-0.2, 0) is 4.79 Å².